The van der Waals surface area contributed by atoms with Gasteiger partial charge in [-0.05, 0) is 37.3 Å². The van der Waals surface area contributed by atoms with Crippen LogP contribution in [0.1, 0.15) is 69.4 Å². The molecule has 4 heteroatoms. The predicted molar refractivity (Wildman–Crippen MR) is 83.7 cm³/mol. The van der Waals surface area contributed by atoms with Crippen molar-refractivity contribution in [2.75, 3.05) is 5.73 Å². The maximum atomic E-state index is 12.3. The van der Waals surface area contributed by atoms with Gasteiger partial charge in [-0.25, -0.2) is 4.98 Å². The summed E-state index contributed by atoms with van der Waals surface area (Å²) in [5.41, 5.74) is 7.22. The summed E-state index contributed by atoms with van der Waals surface area (Å²) in [5.74, 6) is 1.19. The molecule has 20 heavy (non-hydrogen) atoms. The van der Waals surface area contributed by atoms with Gasteiger partial charge in [0.25, 0.3) is 5.91 Å². The Morgan fingerprint density at radius 3 is 2.50 bits per heavy atom. The third-order valence-electron chi connectivity index (χ3n) is 3.55. The summed E-state index contributed by atoms with van der Waals surface area (Å²) in [6.07, 6.45) is 2.11. The van der Waals surface area contributed by atoms with Gasteiger partial charge in [0.05, 0.1) is 0 Å². The van der Waals surface area contributed by atoms with E-state index in [1.807, 2.05) is 26.8 Å². The van der Waals surface area contributed by atoms with Crippen LogP contribution in [0.15, 0.2) is 12.1 Å². The van der Waals surface area contributed by atoms with Crippen LogP contribution in [0.4, 0.5) is 5.82 Å². The molecular formula is C16H27N3O. The second-order valence-corrected chi connectivity index (χ2v) is 5.98. The zero-order valence-electron chi connectivity index (χ0n) is 13.2. The van der Waals surface area contributed by atoms with Crippen LogP contribution in [0.5, 0.6) is 0 Å². The van der Waals surface area contributed by atoms with E-state index < -0.39 is 0 Å². The summed E-state index contributed by atoms with van der Waals surface area (Å²) < 4.78 is 0. The minimum Gasteiger partial charge on any atom is -0.384 e. The molecule has 1 amide bonds. The van der Waals surface area contributed by atoms with Crippen molar-refractivity contribution >= 4 is 11.7 Å². The Bertz CT molecular complexity index is 457. The van der Waals surface area contributed by atoms with Crippen LogP contribution in [0.3, 0.4) is 0 Å². The average Bonchev–Trinajstić information content (AvgIpc) is 2.37. The summed E-state index contributed by atoms with van der Waals surface area (Å²) in [4.78, 5) is 16.5. The van der Waals surface area contributed by atoms with Crippen LogP contribution in [0.2, 0.25) is 0 Å². The molecule has 3 N–H and O–H groups in total. The summed E-state index contributed by atoms with van der Waals surface area (Å²) in [7, 11) is 0. The SMILES string of the molecule is CCC(C)CC(C)NC(=O)c1cc(N)nc(C(C)C)c1. The number of amides is 1. The highest BCUT2D eigenvalue weighted by molar-refractivity contribution is 5.95. The maximum Gasteiger partial charge on any atom is 0.251 e. The number of aromatic nitrogens is 1. The molecule has 0 fully saturated rings. The number of nitrogens with zero attached hydrogens (tertiary/aromatic N) is 1. The van der Waals surface area contributed by atoms with Gasteiger partial charge in [-0.3, -0.25) is 4.79 Å². The van der Waals surface area contributed by atoms with Crippen molar-refractivity contribution in [2.45, 2.75) is 59.4 Å². The van der Waals surface area contributed by atoms with E-state index in [0.29, 0.717) is 17.3 Å². The molecule has 1 aromatic heterocycles. The van der Waals surface area contributed by atoms with Crippen molar-refractivity contribution in [2.24, 2.45) is 5.92 Å². The third kappa shape index (κ3) is 4.83. The first-order valence-electron chi connectivity index (χ1n) is 7.41. The van der Waals surface area contributed by atoms with E-state index in [2.05, 4.69) is 24.1 Å². The molecule has 0 aliphatic heterocycles. The molecule has 112 valence electrons. The first-order chi connectivity index (χ1) is 9.33. The average molecular weight is 277 g/mol. The summed E-state index contributed by atoms with van der Waals surface area (Å²) in [5, 5.41) is 3.03. The van der Waals surface area contributed by atoms with E-state index in [4.69, 9.17) is 5.73 Å². The second kappa shape index (κ2) is 7.27. The number of hydrogen-bond donors (Lipinski definition) is 2. The Labute approximate surface area is 122 Å². The Morgan fingerprint density at radius 1 is 1.30 bits per heavy atom. The molecule has 1 rings (SSSR count). The standard InChI is InChI=1S/C16H27N3O/c1-6-11(4)7-12(5)18-16(20)13-8-14(10(2)3)19-15(17)9-13/h8-12H,6-7H2,1-5H3,(H2,17,19)(H,18,20). The lowest BCUT2D eigenvalue weighted by atomic mass is 10.00. The molecule has 0 aliphatic rings. The predicted octanol–water partition coefficient (Wildman–Crippen LogP) is 3.34. The molecule has 2 atom stereocenters. The number of carbonyl (C=O) groups is 1. The van der Waals surface area contributed by atoms with Crippen molar-refractivity contribution < 1.29 is 4.79 Å². The Balaban J connectivity index is 2.77. The van der Waals surface area contributed by atoms with Gasteiger partial charge in [-0.1, -0.05) is 34.1 Å². The molecule has 1 heterocycles. The van der Waals surface area contributed by atoms with Gasteiger partial charge in [0.1, 0.15) is 5.82 Å². The van der Waals surface area contributed by atoms with Gasteiger partial charge in [0.2, 0.25) is 0 Å². The Kier molecular flexibility index (Phi) is 5.99. The highest BCUT2D eigenvalue weighted by Crippen LogP contribution is 2.16. The zero-order valence-corrected chi connectivity index (χ0v) is 13.2. The van der Waals surface area contributed by atoms with E-state index >= 15 is 0 Å². The fourth-order valence-corrected chi connectivity index (χ4v) is 2.14. The zero-order chi connectivity index (χ0) is 15.3. The van der Waals surface area contributed by atoms with E-state index in [9.17, 15) is 4.79 Å². The molecule has 0 aliphatic carbocycles. The minimum atomic E-state index is -0.0724. The van der Waals surface area contributed by atoms with Crippen molar-refractivity contribution in [3.63, 3.8) is 0 Å². The van der Waals surface area contributed by atoms with Crippen molar-refractivity contribution in [3.8, 4) is 0 Å². The first kappa shape index (κ1) is 16.5. The third-order valence-corrected chi connectivity index (χ3v) is 3.55. The molecular weight excluding hydrogens is 250 g/mol. The van der Waals surface area contributed by atoms with Crippen molar-refractivity contribution in [3.05, 3.63) is 23.4 Å². The van der Waals surface area contributed by atoms with E-state index in [0.717, 1.165) is 18.5 Å². The van der Waals surface area contributed by atoms with Gasteiger partial charge in [-0.15, -0.1) is 0 Å². The number of nitrogen functional groups attached to an aromatic ring is 1. The number of carbonyl (C=O) groups excluding carboxylic acids is 1. The molecule has 2 unspecified atom stereocenters. The molecule has 0 aromatic carbocycles. The molecule has 0 radical (unpaired) electrons. The number of pyridine rings is 1. The lowest BCUT2D eigenvalue weighted by molar-refractivity contribution is 0.0935. The molecule has 0 spiro atoms. The molecule has 0 bridgehead atoms. The fourth-order valence-electron chi connectivity index (χ4n) is 2.14. The largest absolute Gasteiger partial charge is 0.384 e. The van der Waals surface area contributed by atoms with Gasteiger partial charge in [0.15, 0.2) is 0 Å². The van der Waals surface area contributed by atoms with Crippen LogP contribution in [-0.2, 0) is 0 Å². The molecule has 0 saturated carbocycles. The summed E-state index contributed by atoms with van der Waals surface area (Å²) in [6, 6.07) is 3.62. The smallest absolute Gasteiger partial charge is 0.251 e. The van der Waals surface area contributed by atoms with E-state index in [1.54, 1.807) is 6.07 Å². The number of rotatable bonds is 6. The lowest BCUT2D eigenvalue weighted by Gasteiger charge is -2.18. The number of nitrogens with one attached hydrogen (secondary N) is 1. The Hall–Kier alpha value is -1.58. The lowest BCUT2D eigenvalue weighted by Crippen LogP contribution is -2.33. The Morgan fingerprint density at radius 2 is 1.95 bits per heavy atom. The van der Waals surface area contributed by atoms with Crippen LogP contribution in [0, 0.1) is 5.92 Å². The van der Waals surface area contributed by atoms with Crippen LogP contribution < -0.4 is 11.1 Å². The summed E-state index contributed by atoms with van der Waals surface area (Å²) in [6.45, 7) is 10.5. The molecule has 1 aromatic rings. The monoisotopic (exact) mass is 277 g/mol. The molecule has 4 nitrogen and oxygen atoms in total. The quantitative estimate of drug-likeness (QED) is 0.838. The molecule has 0 saturated heterocycles. The highest BCUT2D eigenvalue weighted by atomic mass is 16.1. The van der Waals surface area contributed by atoms with Crippen LogP contribution >= 0.6 is 0 Å². The minimum absolute atomic E-state index is 0.0724. The van der Waals surface area contributed by atoms with E-state index in [1.165, 1.54) is 0 Å². The van der Waals surface area contributed by atoms with Crippen molar-refractivity contribution in [1.29, 1.82) is 0 Å². The van der Waals surface area contributed by atoms with Gasteiger partial charge >= 0.3 is 0 Å². The number of anilines is 1. The highest BCUT2D eigenvalue weighted by Gasteiger charge is 2.14. The van der Waals surface area contributed by atoms with Crippen LogP contribution in [-0.4, -0.2) is 16.9 Å². The summed E-state index contributed by atoms with van der Waals surface area (Å²) >= 11 is 0. The topological polar surface area (TPSA) is 68.0 Å². The maximum absolute atomic E-state index is 12.3. The van der Waals surface area contributed by atoms with Gasteiger partial charge in [0, 0.05) is 17.3 Å². The first-order valence-corrected chi connectivity index (χ1v) is 7.41. The van der Waals surface area contributed by atoms with E-state index in [-0.39, 0.29) is 17.9 Å². The van der Waals surface area contributed by atoms with Gasteiger partial charge < -0.3 is 11.1 Å². The van der Waals surface area contributed by atoms with Crippen molar-refractivity contribution in [1.82, 2.24) is 10.3 Å². The van der Waals surface area contributed by atoms with Crippen LogP contribution in [0.25, 0.3) is 0 Å². The number of hydrogen-bond acceptors (Lipinski definition) is 3. The fraction of sp³-hybridized carbons (Fsp3) is 0.625. The second-order valence-electron chi connectivity index (χ2n) is 5.98. The normalized spacial score (nSPS) is 14.1. The number of nitrogens with two attached hydrogens (primary N) is 1. The van der Waals surface area contributed by atoms with Gasteiger partial charge in [-0.2, -0.15) is 0 Å².